The number of hydrogen-bond acceptors (Lipinski definition) is 3. The molecule has 0 aliphatic rings. The van der Waals surface area contributed by atoms with Crippen LogP contribution in [0.25, 0.3) is 10.9 Å². The topological polar surface area (TPSA) is 92.2 Å². The van der Waals surface area contributed by atoms with Crippen molar-refractivity contribution in [1.82, 2.24) is 20.7 Å². The third-order valence-corrected chi connectivity index (χ3v) is 4.36. The molecule has 3 amide bonds. The summed E-state index contributed by atoms with van der Waals surface area (Å²) in [6, 6.07) is 16.4. The molecule has 0 unspecified atom stereocenters. The molecule has 3 aromatic rings. The molecule has 0 bridgehead atoms. The van der Waals surface area contributed by atoms with E-state index in [-0.39, 0.29) is 24.1 Å². The first-order valence-corrected chi connectivity index (χ1v) is 9.03. The number of amides is 3. The minimum absolute atomic E-state index is 0.176. The number of carbonyl (C=O) groups is 3. The normalized spacial score (nSPS) is 10.5. The van der Waals surface area contributed by atoms with Crippen molar-refractivity contribution in [3.63, 3.8) is 0 Å². The number of aromatic nitrogens is 1. The van der Waals surface area contributed by atoms with Gasteiger partial charge in [-0.1, -0.05) is 36.4 Å². The summed E-state index contributed by atoms with van der Waals surface area (Å²) in [6.07, 6.45) is 2.38. The van der Waals surface area contributed by atoms with Crippen molar-refractivity contribution in [2.24, 2.45) is 7.05 Å². The van der Waals surface area contributed by atoms with E-state index < -0.39 is 0 Å². The molecule has 28 heavy (non-hydrogen) atoms. The van der Waals surface area contributed by atoms with Gasteiger partial charge in [0.15, 0.2) is 0 Å². The number of hydrazine groups is 1. The van der Waals surface area contributed by atoms with E-state index in [1.165, 1.54) is 0 Å². The Labute approximate surface area is 162 Å². The van der Waals surface area contributed by atoms with E-state index in [0.717, 1.165) is 10.9 Å². The van der Waals surface area contributed by atoms with E-state index in [0.29, 0.717) is 24.1 Å². The minimum Gasteiger partial charge on any atom is -0.352 e. The van der Waals surface area contributed by atoms with Crippen molar-refractivity contribution in [3.8, 4) is 0 Å². The number of carbonyl (C=O) groups excluding carboxylic acids is 3. The summed E-state index contributed by atoms with van der Waals surface area (Å²) in [5.74, 6) is -0.865. The van der Waals surface area contributed by atoms with Crippen molar-refractivity contribution < 1.29 is 14.4 Å². The van der Waals surface area contributed by atoms with Gasteiger partial charge in [0.1, 0.15) is 0 Å². The van der Waals surface area contributed by atoms with Crippen LogP contribution >= 0.6 is 0 Å². The highest BCUT2D eigenvalue weighted by Crippen LogP contribution is 2.19. The second kappa shape index (κ2) is 8.85. The molecule has 7 heteroatoms. The maximum atomic E-state index is 12.4. The Morgan fingerprint density at radius 1 is 0.893 bits per heavy atom. The third-order valence-electron chi connectivity index (χ3n) is 4.36. The molecular formula is C21H22N4O3. The number of hydrogen-bond donors (Lipinski definition) is 3. The van der Waals surface area contributed by atoms with Crippen LogP contribution in [0.15, 0.2) is 60.8 Å². The van der Waals surface area contributed by atoms with Crippen LogP contribution < -0.4 is 16.2 Å². The zero-order valence-electron chi connectivity index (χ0n) is 15.6. The summed E-state index contributed by atoms with van der Waals surface area (Å²) >= 11 is 0. The van der Waals surface area contributed by atoms with E-state index in [1.54, 1.807) is 30.5 Å². The highest BCUT2D eigenvalue weighted by atomic mass is 16.2. The van der Waals surface area contributed by atoms with Crippen molar-refractivity contribution in [3.05, 3.63) is 71.9 Å². The van der Waals surface area contributed by atoms with Crippen LogP contribution in [-0.4, -0.2) is 28.8 Å². The Bertz CT molecular complexity index is 995. The predicted octanol–water partition coefficient (Wildman–Crippen LogP) is 2.15. The van der Waals surface area contributed by atoms with Gasteiger partial charge in [0, 0.05) is 42.7 Å². The average Bonchev–Trinajstić information content (AvgIpc) is 3.07. The number of para-hydroxylation sites is 1. The van der Waals surface area contributed by atoms with Crippen LogP contribution in [-0.2, 0) is 11.8 Å². The molecule has 0 saturated carbocycles. The van der Waals surface area contributed by atoms with Crippen LogP contribution in [0.2, 0.25) is 0 Å². The maximum absolute atomic E-state index is 12.4. The molecule has 7 nitrogen and oxygen atoms in total. The lowest BCUT2D eigenvalue weighted by Crippen LogP contribution is -2.41. The SMILES string of the molecule is Cn1cc(C(=O)NNC(=O)CCCNC(=O)c2ccccc2)c2ccccc21. The Morgan fingerprint density at radius 3 is 2.39 bits per heavy atom. The lowest BCUT2D eigenvalue weighted by Gasteiger charge is -2.08. The second-order valence-electron chi connectivity index (χ2n) is 6.40. The van der Waals surface area contributed by atoms with Gasteiger partial charge in [-0.05, 0) is 24.6 Å². The van der Waals surface area contributed by atoms with Crippen molar-refractivity contribution in [2.75, 3.05) is 6.54 Å². The van der Waals surface area contributed by atoms with Crippen LogP contribution in [0, 0.1) is 0 Å². The average molecular weight is 378 g/mol. The largest absolute Gasteiger partial charge is 0.352 e. The minimum atomic E-state index is -0.373. The number of aryl methyl sites for hydroxylation is 1. The van der Waals surface area contributed by atoms with E-state index in [4.69, 9.17) is 0 Å². The Kier molecular flexibility index (Phi) is 6.06. The summed E-state index contributed by atoms with van der Waals surface area (Å²) in [5.41, 5.74) is 6.86. The van der Waals surface area contributed by atoms with Gasteiger partial charge in [-0.15, -0.1) is 0 Å². The van der Waals surface area contributed by atoms with Gasteiger partial charge in [-0.3, -0.25) is 25.2 Å². The summed E-state index contributed by atoms with van der Waals surface area (Å²) in [7, 11) is 1.86. The monoisotopic (exact) mass is 378 g/mol. The lowest BCUT2D eigenvalue weighted by atomic mass is 10.2. The molecule has 0 spiro atoms. The molecule has 3 rings (SSSR count). The molecule has 0 saturated heterocycles. The summed E-state index contributed by atoms with van der Waals surface area (Å²) in [4.78, 5) is 36.2. The van der Waals surface area contributed by atoms with E-state index >= 15 is 0 Å². The van der Waals surface area contributed by atoms with Gasteiger partial charge in [-0.2, -0.15) is 0 Å². The Morgan fingerprint density at radius 2 is 1.61 bits per heavy atom. The first-order valence-electron chi connectivity index (χ1n) is 9.03. The van der Waals surface area contributed by atoms with Crippen LogP contribution in [0.3, 0.4) is 0 Å². The van der Waals surface area contributed by atoms with E-state index in [2.05, 4.69) is 16.2 Å². The van der Waals surface area contributed by atoms with E-state index in [9.17, 15) is 14.4 Å². The molecule has 0 aliphatic carbocycles. The van der Waals surface area contributed by atoms with Gasteiger partial charge in [0.2, 0.25) is 5.91 Å². The second-order valence-corrected chi connectivity index (χ2v) is 6.40. The number of nitrogens with one attached hydrogen (secondary N) is 3. The first kappa shape index (κ1) is 19.2. The molecule has 1 heterocycles. The summed E-state index contributed by atoms with van der Waals surface area (Å²) in [5, 5.41) is 3.58. The molecule has 2 aromatic carbocycles. The van der Waals surface area contributed by atoms with Crippen molar-refractivity contribution in [2.45, 2.75) is 12.8 Å². The molecule has 3 N–H and O–H groups in total. The van der Waals surface area contributed by atoms with Crippen LogP contribution in [0.5, 0.6) is 0 Å². The van der Waals surface area contributed by atoms with Crippen molar-refractivity contribution in [1.29, 1.82) is 0 Å². The Balaban J connectivity index is 1.42. The lowest BCUT2D eigenvalue weighted by molar-refractivity contribution is -0.121. The molecule has 144 valence electrons. The van der Waals surface area contributed by atoms with Gasteiger partial charge >= 0.3 is 0 Å². The quantitative estimate of drug-likeness (QED) is 0.453. The Hall–Kier alpha value is -3.61. The van der Waals surface area contributed by atoms with Gasteiger partial charge in [0.25, 0.3) is 11.8 Å². The van der Waals surface area contributed by atoms with Crippen molar-refractivity contribution >= 4 is 28.6 Å². The van der Waals surface area contributed by atoms with Gasteiger partial charge in [-0.25, -0.2) is 0 Å². The fourth-order valence-corrected chi connectivity index (χ4v) is 2.92. The fourth-order valence-electron chi connectivity index (χ4n) is 2.92. The summed E-state index contributed by atoms with van der Waals surface area (Å²) < 4.78 is 1.86. The third kappa shape index (κ3) is 4.56. The molecule has 0 atom stereocenters. The zero-order chi connectivity index (χ0) is 19.9. The number of benzene rings is 2. The predicted molar refractivity (Wildman–Crippen MR) is 107 cm³/mol. The van der Waals surface area contributed by atoms with Crippen LogP contribution in [0.1, 0.15) is 33.6 Å². The molecule has 0 radical (unpaired) electrons. The van der Waals surface area contributed by atoms with Crippen LogP contribution in [0.4, 0.5) is 0 Å². The van der Waals surface area contributed by atoms with E-state index in [1.807, 2.05) is 41.9 Å². The number of rotatable bonds is 6. The highest BCUT2D eigenvalue weighted by molar-refractivity contribution is 6.07. The molecule has 0 fully saturated rings. The number of nitrogens with zero attached hydrogens (tertiary/aromatic N) is 1. The number of fused-ring (bicyclic) bond motifs is 1. The molecule has 1 aromatic heterocycles. The smallest absolute Gasteiger partial charge is 0.271 e. The van der Waals surface area contributed by atoms with Gasteiger partial charge in [0.05, 0.1) is 5.56 Å². The molecule has 0 aliphatic heterocycles. The van der Waals surface area contributed by atoms with Gasteiger partial charge < -0.3 is 9.88 Å². The standard InChI is InChI=1S/C21H22N4O3/c1-25-14-17(16-10-5-6-11-18(16)25)21(28)24-23-19(26)12-7-13-22-20(27)15-8-3-2-4-9-15/h2-6,8-11,14H,7,12-13H2,1H3,(H,22,27)(H,23,26)(H,24,28). The first-order chi connectivity index (χ1) is 13.6. The highest BCUT2D eigenvalue weighted by Gasteiger charge is 2.14. The molecular weight excluding hydrogens is 356 g/mol. The summed E-state index contributed by atoms with van der Waals surface area (Å²) in [6.45, 7) is 0.373. The zero-order valence-corrected chi connectivity index (χ0v) is 15.6. The maximum Gasteiger partial charge on any atom is 0.271 e. The fraction of sp³-hybridized carbons (Fsp3) is 0.190.